The van der Waals surface area contributed by atoms with E-state index in [4.69, 9.17) is 24.4 Å². The van der Waals surface area contributed by atoms with Crippen LogP contribution >= 0.6 is 0 Å². The van der Waals surface area contributed by atoms with Gasteiger partial charge in [0, 0.05) is 17.9 Å². The molecule has 0 radical (unpaired) electrons. The molecule has 3 atom stereocenters. The molecule has 1 aliphatic heterocycles. The lowest BCUT2D eigenvalue weighted by Crippen LogP contribution is -2.36. The minimum Gasteiger partial charge on any atom is -0.481 e. The molecule has 2 amide bonds. The lowest BCUT2D eigenvalue weighted by Gasteiger charge is -2.19. The first-order valence-electron chi connectivity index (χ1n) is 13.5. The van der Waals surface area contributed by atoms with Gasteiger partial charge in [-0.3, -0.25) is 38.8 Å². The number of aromatic amines is 1. The number of aromatic nitrogens is 4. The molecular weight excluding hydrogens is 584 g/mol. The number of carboxylic acid groups (broad SMARTS) is 2. The van der Waals surface area contributed by atoms with E-state index in [0.29, 0.717) is 5.56 Å². The van der Waals surface area contributed by atoms with Crippen molar-refractivity contribution in [2.45, 2.75) is 51.5 Å². The Morgan fingerprint density at radius 3 is 2.48 bits per heavy atom. The third kappa shape index (κ3) is 7.74. The Hall–Kier alpha value is -5.32. The fourth-order valence-corrected chi connectivity index (χ4v) is 4.29. The number of amides is 2. The van der Waals surface area contributed by atoms with Crippen molar-refractivity contribution in [1.29, 1.82) is 0 Å². The minimum absolute atomic E-state index is 0.0355. The zero-order valence-electron chi connectivity index (χ0n) is 23.6. The van der Waals surface area contributed by atoms with Crippen LogP contribution in [0.1, 0.15) is 39.3 Å². The fraction of sp³-hybridized carbons (Fsp3) is 0.407. The number of esters is 1. The number of nitrogens with one attached hydrogen (secondary N) is 3. The molecule has 0 bridgehead atoms. The number of alkyl carbamates (subject to hydrolysis) is 1. The maximum atomic E-state index is 13.1. The first-order valence-corrected chi connectivity index (χ1v) is 13.5. The standard InChI is InChI=1S/C27H30N6O11/c1-13(2)24(39)31-26-30-23-21(25(40)32-26)29-22(14-6-4-3-5-7-14)33(23)17-10-15(44-20(38)9-8-18(34)35)16(43-17)12-42-27(41)28-11-19(36)37/h3-7,13,15-17H,8-12H2,1-2H3,(H,28,41)(H,34,35)(H,36,37)(H2,30,31,32,39,40)/t15-,16-,17-/m1/s1. The van der Waals surface area contributed by atoms with Crippen LogP contribution in [0, 0.1) is 5.92 Å². The summed E-state index contributed by atoms with van der Waals surface area (Å²) < 4.78 is 18.2. The van der Waals surface area contributed by atoms with Gasteiger partial charge in [0.1, 0.15) is 37.4 Å². The average Bonchev–Trinajstić information content (AvgIpc) is 3.55. The number of ether oxygens (including phenoxy) is 3. The highest BCUT2D eigenvalue weighted by Crippen LogP contribution is 2.37. The molecule has 1 fully saturated rings. The van der Waals surface area contributed by atoms with Gasteiger partial charge in [-0.2, -0.15) is 4.98 Å². The number of fused-ring (bicyclic) bond motifs is 1. The molecule has 0 unspecified atom stereocenters. The highest BCUT2D eigenvalue weighted by atomic mass is 16.6. The number of rotatable bonds is 12. The van der Waals surface area contributed by atoms with E-state index in [-0.39, 0.29) is 29.4 Å². The SMILES string of the molecule is CC(C)C(=O)Nc1nc2c(nc(-c3ccccc3)n2[C@H]2C[C@@H](OC(=O)CCC(=O)O)[C@@H](COC(=O)NCC(=O)O)O2)c(=O)[nH]1. The van der Waals surface area contributed by atoms with Crippen molar-refractivity contribution in [3.8, 4) is 11.4 Å². The van der Waals surface area contributed by atoms with Crippen molar-refractivity contribution in [3.05, 3.63) is 40.7 Å². The molecule has 4 rings (SSSR count). The van der Waals surface area contributed by atoms with Gasteiger partial charge in [-0.05, 0) is 0 Å². The second-order valence-electron chi connectivity index (χ2n) is 10.0. The van der Waals surface area contributed by atoms with Crippen LogP contribution < -0.4 is 16.2 Å². The number of anilines is 1. The summed E-state index contributed by atoms with van der Waals surface area (Å²) in [7, 11) is 0. The van der Waals surface area contributed by atoms with Gasteiger partial charge in [-0.15, -0.1) is 0 Å². The molecule has 5 N–H and O–H groups in total. The molecule has 0 spiro atoms. The number of hydrogen-bond acceptors (Lipinski definition) is 11. The van der Waals surface area contributed by atoms with Crippen molar-refractivity contribution >= 4 is 47.0 Å². The molecule has 0 saturated carbocycles. The summed E-state index contributed by atoms with van der Waals surface area (Å²) in [4.78, 5) is 83.0. The number of carboxylic acids is 2. The number of imidazole rings is 1. The molecule has 17 heteroatoms. The van der Waals surface area contributed by atoms with Gasteiger partial charge in [0.2, 0.25) is 11.9 Å². The van der Waals surface area contributed by atoms with E-state index in [1.807, 2.05) is 5.32 Å². The summed E-state index contributed by atoms with van der Waals surface area (Å²) in [6.45, 7) is 2.16. The number of benzene rings is 1. The number of aliphatic carboxylic acids is 2. The Bertz CT molecular complexity index is 1620. The number of carbonyl (C=O) groups is 5. The highest BCUT2D eigenvalue weighted by Gasteiger charge is 2.41. The average molecular weight is 615 g/mol. The Labute approximate surface area is 248 Å². The molecule has 44 heavy (non-hydrogen) atoms. The van der Waals surface area contributed by atoms with Crippen LogP contribution in [0.3, 0.4) is 0 Å². The first-order chi connectivity index (χ1) is 20.9. The summed E-state index contributed by atoms with van der Waals surface area (Å²) in [6.07, 6.45) is -5.18. The van der Waals surface area contributed by atoms with Crippen LogP contribution in [0.4, 0.5) is 10.7 Å². The van der Waals surface area contributed by atoms with E-state index in [2.05, 4.69) is 20.3 Å². The lowest BCUT2D eigenvalue weighted by atomic mass is 10.1. The molecule has 234 valence electrons. The molecule has 0 aliphatic carbocycles. The van der Waals surface area contributed by atoms with Crippen LogP contribution in [0.15, 0.2) is 35.1 Å². The molecule has 3 aromatic rings. The summed E-state index contributed by atoms with van der Waals surface area (Å²) >= 11 is 0. The van der Waals surface area contributed by atoms with Crippen molar-refractivity contribution in [3.63, 3.8) is 0 Å². The fourth-order valence-electron chi connectivity index (χ4n) is 4.29. The van der Waals surface area contributed by atoms with Gasteiger partial charge in [0.15, 0.2) is 11.2 Å². The van der Waals surface area contributed by atoms with Crippen molar-refractivity contribution in [2.75, 3.05) is 18.5 Å². The minimum atomic E-state index is -1.30. The zero-order chi connectivity index (χ0) is 32.0. The van der Waals surface area contributed by atoms with Crippen molar-refractivity contribution in [2.24, 2.45) is 5.92 Å². The van der Waals surface area contributed by atoms with Crippen LogP contribution in [-0.2, 0) is 33.4 Å². The monoisotopic (exact) mass is 614 g/mol. The molecular formula is C27H30N6O11. The molecule has 1 saturated heterocycles. The van der Waals surface area contributed by atoms with E-state index in [0.717, 1.165) is 0 Å². The maximum Gasteiger partial charge on any atom is 0.407 e. The second kappa shape index (κ2) is 13.8. The van der Waals surface area contributed by atoms with Gasteiger partial charge in [-0.25, -0.2) is 9.78 Å². The summed E-state index contributed by atoms with van der Waals surface area (Å²) in [5.41, 5.74) is -0.107. The van der Waals surface area contributed by atoms with E-state index >= 15 is 0 Å². The van der Waals surface area contributed by atoms with Crippen LogP contribution in [-0.4, -0.2) is 85.0 Å². The summed E-state index contributed by atoms with van der Waals surface area (Å²) in [5.74, 6) is -4.02. The number of hydrogen-bond donors (Lipinski definition) is 5. The molecule has 1 aliphatic rings. The van der Waals surface area contributed by atoms with Gasteiger partial charge < -0.3 is 29.7 Å². The zero-order valence-corrected chi connectivity index (χ0v) is 23.6. The van der Waals surface area contributed by atoms with Crippen LogP contribution in [0.2, 0.25) is 0 Å². The Morgan fingerprint density at radius 1 is 1.09 bits per heavy atom. The number of carbonyl (C=O) groups excluding carboxylic acids is 3. The Balaban J connectivity index is 1.72. The smallest absolute Gasteiger partial charge is 0.407 e. The summed E-state index contributed by atoms with van der Waals surface area (Å²) in [5, 5.41) is 22.3. The van der Waals surface area contributed by atoms with Crippen molar-refractivity contribution in [1.82, 2.24) is 24.8 Å². The molecule has 1 aromatic carbocycles. The van der Waals surface area contributed by atoms with Gasteiger partial charge in [0.05, 0.1) is 12.8 Å². The van der Waals surface area contributed by atoms with E-state index < -0.39 is 85.8 Å². The number of H-pyrrole nitrogens is 1. The van der Waals surface area contributed by atoms with Crippen LogP contribution in [0.5, 0.6) is 0 Å². The Kier molecular flexibility index (Phi) is 9.89. The Morgan fingerprint density at radius 2 is 1.82 bits per heavy atom. The van der Waals surface area contributed by atoms with Gasteiger partial charge in [0.25, 0.3) is 5.56 Å². The molecule has 17 nitrogen and oxygen atoms in total. The maximum absolute atomic E-state index is 13.1. The molecule has 2 aromatic heterocycles. The largest absolute Gasteiger partial charge is 0.481 e. The second-order valence-corrected chi connectivity index (χ2v) is 10.0. The first kappa shape index (κ1) is 31.6. The van der Waals surface area contributed by atoms with Crippen molar-refractivity contribution < 1.29 is 48.4 Å². The van der Waals surface area contributed by atoms with E-state index in [9.17, 15) is 28.8 Å². The van der Waals surface area contributed by atoms with Gasteiger partial charge in [-0.1, -0.05) is 44.2 Å². The van der Waals surface area contributed by atoms with E-state index in [1.165, 1.54) is 4.57 Å². The number of nitrogens with zero attached hydrogens (tertiary/aromatic N) is 3. The predicted molar refractivity (Wildman–Crippen MR) is 149 cm³/mol. The molecule has 3 heterocycles. The normalized spacial score (nSPS) is 17.8. The third-order valence-corrected chi connectivity index (χ3v) is 6.41. The third-order valence-electron chi connectivity index (χ3n) is 6.41. The lowest BCUT2D eigenvalue weighted by molar-refractivity contribution is -0.155. The topological polar surface area (TPSA) is 241 Å². The van der Waals surface area contributed by atoms with E-state index in [1.54, 1.807) is 44.2 Å². The van der Waals surface area contributed by atoms with Gasteiger partial charge >= 0.3 is 24.0 Å². The quantitative estimate of drug-likeness (QED) is 0.181. The highest BCUT2D eigenvalue weighted by molar-refractivity contribution is 5.91. The summed E-state index contributed by atoms with van der Waals surface area (Å²) in [6, 6.07) is 8.75. The predicted octanol–water partition coefficient (Wildman–Crippen LogP) is 1.26. The van der Waals surface area contributed by atoms with Crippen LogP contribution in [0.25, 0.3) is 22.6 Å².